The van der Waals surface area contributed by atoms with Gasteiger partial charge in [-0.05, 0) is 55.5 Å². The van der Waals surface area contributed by atoms with Crippen molar-refractivity contribution in [3.05, 3.63) is 72.4 Å². The quantitative estimate of drug-likeness (QED) is 0.477. The predicted octanol–water partition coefficient (Wildman–Crippen LogP) is 4.35. The largest absolute Gasteiger partial charge is 0.492 e. The Hall–Kier alpha value is -4.78. The average Bonchev–Trinajstić information content (AvgIpc) is 2.91. The van der Waals surface area contributed by atoms with Gasteiger partial charge in [0.05, 0.1) is 17.9 Å². The van der Waals surface area contributed by atoms with Gasteiger partial charge in [0.1, 0.15) is 11.8 Å². The second-order valence-corrected chi connectivity index (χ2v) is 7.97. The minimum absolute atomic E-state index is 0.265. The lowest BCUT2D eigenvalue weighted by atomic mass is 10.2. The number of nitrogens with zero attached hydrogens (tertiary/aromatic N) is 4. The van der Waals surface area contributed by atoms with Crippen LogP contribution in [0.5, 0.6) is 5.75 Å². The van der Waals surface area contributed by atoms with Gasteiger partial charge >= 0.3 is 12.1 Å². The number of carbonyl (C=O) groups is 2. The van der Waals surface area contributed by atoms with E-state index in [1.54, 1.807) is 29.2 Å². The molecule has 2 heterocycles. The van der Waals surface area contributed by atoms with Gasteiger partial charge in [0.2, 0.25) is 0 Å². The monoisotopic (exact) mass is 485 g/mol. The Kier molecular flexibility index (Phi) is 7.83. The highest BCUT2D eigenvalue weighted by molar-refractivity contribution is 6.00. The van der Waals surface area contributed by atoms with Gasteiger partial charge in [-0.25, -0.2) is 14.6 Å². The van der Waals surface area contributed by atoms with Gasteiger partial charge in [0, 0.05) is 43.8 Å². The number of amides is 4. The molecule has 184 valence electrons. The van der Waals surface area contributed by atoms with Crippen LogP contribution in [0.1, 0.15) is 12.5 Å². The zero-order chi connectivity index (χ0) is 25.3. The molecule has 10 nitrogen and oxygen atoms in total. The van der Waals surface area contributed by atoms with Crippen molar-refractivity contribution in [1.82, 2.24) is 9.88 Å². The number of urea groups is 2. The maximum absolute atomic E-state index is 12.6. The van der Waals surface area contributed by atoms with Crippen LogP contribution in [0.4, 0.5) is 32.5 Å². The van der Waals surface area contributed by atoms with E-state index < -0.39 is 0 Å². The third kappa shape index (κ3) is 6.01. The fourth-order valence-corrected chi connectivity index (χ4v) is 3.83. The van der Waals surface area contributed by atoms with Crippen molar-refractivity contribution in [3.63, 3.8) is 0 Å². The van der Waals surface area contributed by atoms with Crippen LogP contribution in [0.15, 0.2) is 66.9 Å². The van der Waals surface area contributed by atoms with E-state index in [0.717, 1.165) is 5.69 Å². The van der Waals surface area contributed by atoms with Crippen LogP contribution in [0, 0.1) is 11.3 Å². The minimum Gasteiger partial charge on any atom is -0.492 e. The van der Waals surface area contributed by atoms with Crippen molar-refractivity contribution in [2.45, 2.75) is 6.92 Å². The number of hydrogen-bond acceptors (Lipinski definition) is 6. The summed E-state index contributed by atoms with van der Waals surface area (Å²) in [4.78, 5) is 33.0. The van der Waals surface area contributed by atoms with Gasteiger partial charge in [-0.2, -0.15) is 5.26 Å². The molecule has 1 aromatic heterocycles. The molecule has 3 N–H and O–H groups in total. The molecule has 0 bridgehead atoms. The number of carbonyl (C=O) groups excluding carboxylic acids is 2. The van der Waals surface area contributed by atoms with Gasteiger partial charge < -0.3 is 25.2 Å². The Morgan fingerprint density at radius 2 is 1.72 bits per heavy atom. The zero-order valence-corrected chi connectivity index (χ0v) is 19.9. The number of anilines is 4. The number of piperazine rings is 1. The van der Waals surface area contributed by atoms with Crippen molar-refractivity contribution in [1.29, 1.82) is 5.26 Å². The summed E-state index contributed by atoms with van der Waals surface area (Å²) in [6, 6.07) is 19.5. The molecule has 0 radical (unpaired) electrons. The number of hydrogen-bond donors (Lipinski definition) is 3. The molecule has 36 heavy (non-hydrogen) atoms. The first-order valence-electron chi connectivity index (χ1n) is 11.6. The molecule has 1 fully saturated rings. The normalized spacial score (nSPS) is 12.9. The molecule has 0 atom stereocenters. The molecule has 0 saturated carbocycles. The third-order valence-corrected chi connectivity index (χ3v) is 5.65. The van der Waals surface area contributed by atoms with Crippen LogP contribution >= 0.6 is 0 Å². The highest BCUT2D eigenvalue weighted by Gasteiger charge is 2.22. The van der Waals surface area contributed by atoms with Crippen molar-refractivity contribution in [3.8, 4) is 11.8 Å². The summed E-state index contributed by atoms with van der Waals surface area (Å²) >= 11 is 0. The number of ether oxygens (including phenoxy) is 1. The van der Waals surface area contributed by atoms with Crippen molar-refractivity contribution in [2.75, 3.05) is 53.6 Å². The first-order chi connectivity index (χ1) is 17.6. The fraction of sp³-hybridized carbons (Fsp3) is 0.231. The molecule has 1 aliphatic rings. The lowest BCUT2D eigenvalue weighted by molar-refractivity contribution is 0.208. The van der Waals surface area contributed by atoms with E-state index in [9.17, 15) is 14.9 Å². The molecule has 1 saturated heterocycles. The van der Waals surface area contributed by atoms with Gasteiger partial charge in [-0.1, -0.05) is 12.1 Å². The van der Waals surface area contributed by atoms with Crippen LogP contribution in [-0.2, 0) is 0 Å². The van der Waals surface area contributed by atoms with E-state index in [-0.39, 0.29) is 17.9 Å². The molecule has 4 amide bonds. The lowest BCUT2D eigenvalue weighted by Gasteiger charge is -2.36. The molecule has 0 spiro atoms. The van der Waals surface area contributed by atoms with Crippen LogP contribution in [0.25, 0.3) is 0 Å². The summed E-state index contributed by atoms with van der Waals surface area (Å²) < 4.78 is 5.54. The van der Waals surface area contributed by atoms with Crippen molar-refractivity contribution >= 4 is 34.9 Å². The average molecular weight is 486 g/mol. The van der Waals surface area contributed by atoms with Crippen LogP contribution in [-0.4, -0.2) is 54.7 Å². The van der Waals surface area contributed by atoms with E-state index in [4.69, 9.17) is 4.74 Å². The van der Waals surface area contributed by atoms with Gasteiger partial charge in [0.25, 0.3) is 0 Å². The van der Waals surface area contributed by atoms with Crippen LogP contribution < -0.4 is 25.6 Å². The Labute approximate surface area is 209 Å². The number of nitriles is 1. The number of benzene rings is 2. The maximum Gasteiger partial charge on any atom is 0.323 e. The molecule has 3 aromatic rings. The molecule has 2 aromatic carbocycles. The lowest BCUT2D eigenvalue weighted by Crippen LogP contribution is -2.50. The Balaban J connectivity index is 1.28. The molecular formula is C26H27N7O3. The summed E-state index contributed by atoms with van der Waals surface area (Å²) in [6.07, 6.45) is 1.54. The number of pyridine rings is 1. The molecule has 0 aliphatic carbocycles. The van der Waals surface area contributed by atoms with E-state index in [0.29, 0.717) is 55.5 Å². The van der Waals surface area contributed by atoms with E-state index in [1.807, 2.05) is 49.4 Å². The highest BCUT2D eigenvalue weighted by atomic mass is 16.5. The molecule has 10 heteroatoms. The highest BCUT2D eigenvalue weighted by Crippen LogP contribution is 2.24. The summed E-state index contributed by atoms with van der Waals surface area (Å²) in [5.41, 5.74) is 2.58. The summed E-state index contributed by atoms with van der Waals surface area (Å²) in [6.45, 7) is 4.77. The Morgan fingerprint density at radius 3 is 2.44 bits per heavy atom. The Morgan fingerprint density at radius 1 is 0.972 bits per heavy atom. The summed E-state index contributed by atoms with van der Waals surface area (Å²) in [5, 5.41) is 17.5. The molecule has 0 unspecified atom stereocenters. The summed E-state index contributed by atoms with van der Waals surface area (Å²) in [7, 11) is 0. The van der Waals surface area contributed by atoms with Crippen molar-refractivity contribution < 1.29 is 14.3 Å². The summed E-state index contributed by atoms with van der Waals surface area (Å²) in [5.74, 6) is 0.879. The number of nitrogens with one attached hydrogen (secondary N) is 3. The first kappa shape index (κ1) is 24.3. The SMILES string of the molecule is CCOc1ccccc1NC(=O)Nc1ccc(N2CCN(C(=O)Nc3ncccc3C#N)CC2)cc1. The number of para-hydroxylation sites is 2. The molecule has 1 aliphatic heterocycles. The predicted molar refractivity (Wildman–Crippen MR) is 138 cm³/mol. The molecular weight excluding hydrogens is 458 g/mol. The van der Waals surface area contributed by atoms with Gasteiger partial charge in [0.15, 0.2) is 5.82 Å². The smallest absolute Gasteiger partial charge is 0.323 e. The standard InChI is InChI=1S/C26H27N7O3/c1-2-36-23-8-4-3-7-22(23)30-25(34)29-20-9-11-21(12-10-20)32-14-16-33(17-15-32)26(35)31-24-19(18-27)6-5-13-28-24/h3-13H,2,14-17H2,1H3,(H,28,31,35)(H2,29,30,34). The van der Waals surface area contributed by atoms with E-state index in [2.05, 4.69) is 25.8 Å². The topological polar surface area (TPSA) is 123 Å². The Bertz CT molecular complexity index is 1250. The van der Waals surface area contributed by atoms with Crippen molar-refractivity contribution in [2.24, 2.45) is 0 Å². The zero-order valence-electron chi connectivity index (χ0n) is 19.9. The third-order valence-electron chi connectivity index (χ3n) is 5.65. The number of rotatable bonds is 6. The second-order valence-electron chi connectivity index (χ2n) is 7.97. The van der Waals surface area contributed by atoms with E-state index in [1.165, 1.54) is 6.20 Å². The maximum atomic E-state index is 12.6. The van der Waals surface area contributed by atoms with Gasteiger partial charge in [-0.3, -0.25) is 5.32 Å². The van der Waals surface area contributed by atoms with Crippen LogP contribution in [0.3, 0.4) is 0 Å². The fourth-order valence-electron chi connectivity index (χ4n) is 3.83. The second kappa shape index (κ2) is 11.6. The van der Waals surface area contributed by atoms with E-state index >= 15 is 0 Å². The molecule has 4 rings (SSSR count). The minimum atomic E-state index is -0.359. The van der Waals surface area contributed by atoms with Gasteiger partial charge in [-0.15, -0.1) is 0 Å². The van der Waals surface area contributed by atoms with Crippen LogP contribution in [0.2, 0.25) is 0 Å². The first-order valence-corrected chi connectivity index (χ1v) is 11.6. The number of aromatic nitrogens is 1.